The third-order valence-electron chi connectivity index (χ3n) is 2.44. The lowest BCUT2D eigenvalue weighted by Crippen LogP contribution is -2.42. The molecule has 108 valence electrons. The van der Waals surface area contributed by atoms with Gasteiger partial charge >= 0.3 is 6.03 Å². The van der Waals surface area contributed by atoms with Gasteiger partial charge in [0.05, 0.1) is 13.7 Å². The molecule has 0 aromatic heterocycles. The summed E-state index contributed by atoms with van der Waals surface area (Å²) in [7, 11) is 3.02. The molecule has 1 aromatic rings. The molecular weight excluding hydrogens is 262 g/mol. The monoisotopic (exact) mass is 279 g/mol. The second-order valence-electron chi connectivity index (χ2n) is 3.99. The van der Waals surface area contributed by atoms with E-state index in [0.29, 0.717) is 17.7 Å². The Morgan fingerprint density at radius 3 is 2.50 bits per heavy atom. The average molecular weight is 279 g/mol. The maximum Gasteiger partial charge on any atom is 0.317 e. The Hall–Kier alpha value is -2.57. The minimum atomic E-state index is -0.484. The number of amides is 3. The number of carbonyl (C=O) groups is 3. The number of aldehydes is 1. The maximum absolute atomic E-state index is 11.7. The number of ether oxygens (including phenoxy) is 1. The zero-order valence-electron chi connectivity index (χ0n) is 11.4. The molecule has 1 aromatic carbocycles. The van der Waals surface area contributed by atoms with Crippen LogP contribution < -0.4 is 15.4 Å². The van der Waals surface area contributed by atoms with Crippen molar-refractivity contribution in [3.63, 3.8) is 0 Å². The van der Waals surface area contributed by atoms with E-state index >= 15 is 0 Å². The molecule has 0 heterocycles. The van der Waals surface area contributed by atoms with E-state index in [9.17, 15) is 14.4 Å². The molecule has 7 heteroatoms. The van der Waals surface area contributed by atoms with Crippen LogP contribution in [0.25, 0.3) is 0 Å². The SMILES string of the molecule is COc1ccc(NC(=O)CN(C)C(=O)NCC=O)cc1. The van der Waals surface area contributed by atoms with Crippen LogP contribution in [0.4, 0.5) is 10.5 Å². The molecule has 0 aliphatic heterocycles. The van der Waals surface area contributed by atoms with Gasteiger partial charge in [-0.25, -0.2) is 4.79 Å². The molecule has 1 rings (SSSR count). The van der Waals surface area contributed by atoms with Crippen molar-refractivity contribution in [3.8, 4) is 5.75 Å². The van der Waals surface area contributed by atoms with Gasteiger partial charge in [-0.1, -0.05) is 0 Å². The number of nitrogens with zero attached hydrogens (tertiary/aromatic N) is 1. The van der Waals surface area contributed by atoms with Crippen molar-refractivity contribution < 1.29 is 19.1 Å². The number of carbonyl (C=O) groups excluding carboxylic acids is 3. The maximum atomic E-state index is 11.7. The molecule has 20 heavy (non-hydrogen) atoms. The van der Waals surface area contributed by atoms with E-state index in [4.69, 9.17) is 4.74 Å². The highest BCUT2D eigenvalue weighted by atomic mass is 16.5. The largest absolute Gasteiger partial charge is 0.497 e. The third-order valence-corrected chi connectivity index (χ3v) is 2.44. The quantitative estimate of drug-likeness (QED) is 0.741. The summed E-state index contributed by atoms with van der Waals surface area (Å²) in [6, 6.07) is 6.35. The summed E-state index contributed by atoms with van der Waals surface area (Å²) < 4.78 is 5.01. The van der Waals surface area contributed by atoms with Gasteiger partial charge in [-0.3, -0.25) is 4.79 Å². The molecule has 0 aliphatic rings. The summed E-state index contributed by atoms with van der Waals surface area (Å²) in [6.45, 7) is -0.194. The molecule has 0 radical (unpaired) electrons. The van der Waals surface area contributed by atoms with Gasteiger partial charge in [-0.2, -0.15) is 0 Å². The fraction of sp³-hybridized carbons (Fsp3) is 0.308. The lowest BCUT2D eigenvalue weighted by atomic mass is 10.3. The van der Waals surface area contributed by atoms with Crippen LogP contribution in [0.15, 0.2) is 24.3 Å². The summed E-state index contributed by atoms with van der Waals surface area (Å²) in [5.41, 5.74) is 0.609. The first kappa shape index (κ1) is 15.5. The second kappa shape index (κ2) is 7.78. The van der Waals surface area contributed by atoms with Crippen LogP contribution in [-0.2, 0) is 9.59 Å². The molecular formula is C13H17N3O4. The van der Waals surface area contributed by atoms with Crippen LogP contribution in [0.5, 0.6) is 5.75 Å². The molecule has 0 fully saturated rings. The smallest absolute Gasteiger partial charge is 0.317 e. The Balaban J connectivity index is 2.45. The number of methoxy groups -OCH3 is 1. The number of nitrogens with one attached hydrogen (secondary N) is 2. The van der Waals surface area contributed by atoms with E-state index in [1.165, 1.54) is 11.9 Å². The zero-order chi connectivity index (χ0) is 15.0. The van der Waals surface area contributed by atoms with Crippen molar-refractivity contribution in [2.24, 2.45) is 0 Å². The first-order valence-corrected chi connectivity index (χ1v) is 5.93. The fourth-order valence-electron chi connectivity index (χ4n) is 1.43. The van der Waals surface area contributed by atoms with Crippen molar-refractivity contribution in [3.05, 3.63) is 24.3 Å². The van der Waals surface area contributed by atoms with Crippen LogP contribution in [0, 0.1) is 0 Å². The molecule has 2 N–H and O–H groups in total. The van der Waals surface area contributed by atoms with Gasteiger partial charge in [0.25, 0.3) is 0 Å². The van der Waals surface area contributed by atoms with Crippen LogP contribution in [0.1, 0.15) is 0 Å². The van der Waals surface area contributed by atoms with E-state index < -0.39 is 6.03 Å². The average Bonchev–Trinajstić information content (AvgIpc) is 2.45. The molecule has 3 amide bonds. The number of rotatable bonds is 6. The number of urea groups is 1. The Kier molecular flexibility index (Phi) is 6.02. The van der Waals surface area contributed by atoms with Gasteiger partial charge in [0.15, 0.2) is 0 Å². The van der Waals surface area contributed by atoms with Crippen LogP contribution >= 0.6 is 0 Å². The summed E-state index contributed by atoms with van der Waals surface area (Å²) in [5.74, 6) is 0.354. The van der Waals surface area contributed by atoms with Crippen LogP contribution in [0.2, 0.25) is 0 Å². The highest BCUT2D eigenvalue weighted by Gasteiger charge is 2.12. The van der Waals surface area contributed by atoms with Gasteiger partial charge < -0.3 is 25.1 Å². The summed E-state index contributed by atoms with van der Waals surface area (Å²) in [4.78, 5) is 34.5. The normalized spacial score (nSPS) is 9.50. The van der Waals surface area contributed by atoms with Gasteiger partial charge in [0, 0.05) is 12.7 Å². The number of benzene rings is 1. The Labute approximate surface area is 116 Å². The third kappa shape index (κ3) is 4.97. The topological polar surface area (TPSA) is 87.7 Å². The second-order valence-corrected chi connectivity index (χ2v) is 3.99. The minimum absolute atomic E-state index is 0.0801. The van der Waals surface area contributed by atoms with E-state index in [2.05, 4.69) is 10.6 Å². The van der Waals surface area contributed by atoms with Gasteiger partial charge in [0.1, 0.15) is 18.6 Å². The first-order chi connectivity index (χ1) is 9.56. The van der Waals surface area contributed by atoms with E-state index in [1.807, 2.05) is 0 Å². The van der Waals surface area contributed by atoms with Crippen LogP contribution in [-0.4, -0.2) is 50.4 Å². The Morgan fingerprint density at radius 2 is 1.95 bits per heavy atom. The molecule has 0 saturated heterocycles. The van der Waals surface area contributed by atoms with E-state index in [0.717, 1.165) is 0 Å². The fourth-order valence-corrected chi connectivity index (χ4v) is 1.43. The lowest BCUT2D eigenvalue weighted by Gasteiger charge is -2.16. The summed E-state index contributed by atoms with van der Waals surface area (Å²) >= 11 is 0. The summed E-state index contributed by atoms with van der Waals surface area (Å²) in [6.07, 6.45) is 0.573. The van der Waals surface area contributed by atoms with Crippen molar-refractivity contribution in [2.75, 3.05) is 32.6 Å². The minimum Gasteiger partial charge on any atom is -0.497 e. The van der Waals surface area contributed by atoms with Crippen molar-refractivity contribution >= 4 is 23.9 Å². The highest BCUT2D eigenvalue weighted by Crippen LogP contribution is 2.14. The van der Waals surface area contributed by atoms with Gasteiger partial charge in [-0.15, -0.1) is 0 Å². The van der Waals surface area contributed by atoms with E-state index in [1.54, 1.807) is 31.4 Å². The molecule has 0 saturated carbocycles. The van der Waals surface area contributed by atoms with Gasteiger partial charge in [-0.05, 0) is 24.3 Å². The van der Waals surface area contributed by atoms with Crippen molar-refractivity contribution in [1.29, 1.82) is 0 Å². The molecule has 0 unspecified atom stereocenters. The van der Waals surface area contributed by atoms with Gasteiger partial charge in [0.2, 0.25) is 5.91 Å². The Bertz CT molecular complexity index is 473. The molecule has 0 atom stereocenters. The molecule has 0 spiro atoms. The zero-order valence-corrected chi connectivity index (χ0v) is 11.4. The number of likely N-dealkylation sites (N-methyl/N-ethyl adjacent to an activating group) is 1. The predicted molar refractivity (Wildman–Crippen MR) is 73.7 cm³/mol. The highest BCUT2D eigenvalue weighted by molar-refractivity contribution is 5.94. The molecule has 7 nitrogen and oxygen atoms in total. The standard InChI is InChI=1S/C13H17N3O4/c1-16(13(19)14-7-8-17)9-12(18)15-10-3-5-11(20-2)6-4-10/h3-6,8H,7,9H2,1-2H3,(H,14,19)(H,15,18). The predicted octanol–water partition coefficient (Wildman–Crippen LogP) is 0.474. The Morgan fingerprint density at radius 1 is 1.30 bits per heavy atom. The molecule has 0 aliphatic carbocycles. The van der Waals surface area contributed by atoms with E-state index in [-0.39, 0.29) is 19.0 Å². The lowest BCUT2D eigenvalue weighted by molar-refractivity contribution is -0.116. The number of hydrogen-bond donors (Lipinski definition) is 2. The van der Waals surface area contributed by atoms with Crippen molar-refractivity contribution in [1.82, 2.24) is 10.2 Å². The van der Waals surface area contributed by atoms with Crippen LogP contribution in [0.3, 0.4) is 0 Å². The molecule has 0 bridgehead atoms. The number of hydrogen-bond acceptors (Lipinski definition) is 4. The number of anilines is 1. The van der Waals surface area contributed by atoms with Crippen molar-refractivity contribution in [2.45, 2.75) is 0 Å². The summed E-state index contributed by atoms with van der Waals surface area (Å²) in [5, 5.41) is 4.99. The first-order valence-electron chi connectivity index (χ1n) is 5.93.